The van der Waals surface area contributed by atoms with Gasteiger partial charge in [-0.15, -0.1) is 0 Å². The molecule has 2 aromatic heterocycles. The molecule has 2 aromatic rings. The molecule has 6 nitrogen and oxygen atoms in total. The normalized spacial score (nSPS) is 10.3. The molecule has 0 spiro atoms. The molecule has 0 saturated heterocycles. The van der Waals surface area contributed by atoms with Crippen molar-refractivity contribution >= 4 is 17.3 Å². The van der Waals surface area contributed by atoms with Crippen LogP contribution in [0.2, 0.25) is 0 Å². The summed E-state index contributed by atoms with van der Waals surface area (Å²) in [7, 11) is 0. The lowest BCUT2D eigenvalue weighted by Gasteiger charge is -1.90. The molecule has 0 bridgehead atoms. The van der Waals surface area contributed by atoms with Crippen molar-refractivity contribution in [1.29, 1.82) is 0 Å². The van der Waals surface area contributed by atoms with Crippen molar-refractivity contribution in [2.45, 2.75) is 0 Å². The van der Waals surface area contributed by atoms with Gasteiger partial charge in [0, 0.05) is 0 Å². The summed E-state index contributed by atoms with van der Waals surface area (Å²) >= 11 is 0. The minimum absolute atomic E-state index is 0.0910. The Balaban J connectivity index is 2.68. The number of fused-ring (bicyclic) bond motifs is 1. The lowest BCUT2D eigenvalue weighted by molar-refractivity contribution is 0.0690. The van der Waals surface area contributed by atoms with E-state index in [0.717, 1.165) is 0 Å². The molecule has 0 radical (unpaired) electrons. The fraction of sp³-hybridized carbons (Fsp3) is 0. The zero-order valence-electron chi connectivity index (χ0n) is 5.85. The molecule has 2 rings (SSSR count). The first-order chi connectivity index (χ1) is 5.77. The summed E-state index contributed by atoms with van der Waals surface area (Å²) in [5.74, 6) is -1.10. The highest BCUT2D eigenvalue weighted by Gasteiger charge is 2.06. The van der Waals surface area contributed by atoms with Gasteiger partial charge >= 0.3 is 5.97 Å². The molecule has 0 aromatic carbocycles. The van der Waals surface area contributed by atoms with Crippen LogP contribution < -0.4 is 0 Å². The summed E-state index contributed by atoms with van der Waals surface area (Å²) in [6, 6.07) is 0. The molecular formula is C6H4N4O2. The van der Waals surface area contributed by atoms with E-state index in [9.17, 15) is 4.79 Å². The average Bonchev–Trinajstić information content (AvgIpc) is 2.49. The Hall–Kier alpha value is -1.98. The van der Waals surface area contributed by atoms with Crippen LogP contribution in [0.4, 0.5) is 0 Å². The van der Waals surface area contributed by atoms with Crippen molar-refractivity contribution in [3.05, 3.63) is 18.2 Å². The number of rotatable bonds is 1. The van der Waals surface area contributed by atoms with Gasteiger partial charge in [0.1, 0.15) is 0 Å². The first-order valence-electron chi connectivity index (χ1n) is 3.17. The van der Waals surface area contributed by atoms with Gasteiger partial charge in [0.05, 0.1) is 12.5 Å². The van der Waals surface area contributed by atoms with E-state index in [4.69, 9.17) is 5.11 Å². The van der Waals surface area contributed by atoms with E-state index in [1.165, 1.54) is 12.5 Å². The minimum Gasteiger partial charge on any atom is -0.476 e. The van der Waals surface area contributed by atoms with Crippen LogP contribution in [0.5, 0.6) is 0 Å². The van der Waals surface area contributed by atoms with E-state index in [2.05, 4.69) is 19.9 Å². The van der Waals surface area contributed by atoms with Crippen LogP contribution in [0.1, 0.15) is 10.5 Å². The number of nitrogens with zero attached hydrogens (tertiary/aromatic N) is 3. The summed E-state index contributed by atoms with van der Waals surface area (Å²) in [4.78, 5) is 24.4. The smallest absolute Gasteiger partial charge is 0.356 e. The Morgan fingerprint density at radius 2 is 2.33 bits per heavy atom. The van der Waals surface area contributed by atoms with E-state index in [1.807, 2.05) is 0 Å². The maximum Gasteiger partial charge on any atom is 0.356 e. The number of H-pyrrole nitrogens is 1. The Labute approximate surface area is 66.3 Å². The Morgan fingerprint density at radius 1 is 1.50 bits per heavy atom. The van der Waals surface area contributed by atoms with Crippen molar-refractivity contribution in [3.63, 3.8) is 0 Å². The molecule has 2 N–H and O–H groups in total. The number of aromatic carboxylic acids is 1. The second kappa shape index (κ2) is 2.26. The van der Waals surface area contributed by atoms with Crippen molar-refractivity contribution in [1.82, 2.24) is 19.9 Å². The number of aromatic nitrogens is 4. The van der Waals surface area contributed by atoms with Crippen molar-refractivity contribution < 1.29 is 9.90 Å². The molecule has 0 amide bonds. The van der Waals surface area contributed by atoms with Gasteiger partial charge in [0.25, 0.3) is 0 Å². The first kappa shape index (κ1) is 6.71. The van der Waals surface area contributed by atoms with Gasteiger partial charge in [-0.2, -0.15) is 0 Å². The molecule has 0 aliphatic rings. The first-order valence-corrected chi connectivity index (χ1v) is 3.17. The second-order valence-corrected chi connectivity index (χ2v) is 2.14. The van der Waals surface area contributed by atoms with E-state index in [-0.39, 0.29) is 5.69 Å². The van der Waals surface area contributed by atoms with Gasteiger partial charge in [-0.3, -0.25) is 0 Å². The molecule has 0 aliphatic heterocycles. The predicted octanol–water partition coefficient (Wildman–Crippen LogP) is 0.0511. The monoisotopic (exact) mass is 164 g/mol. The standard InChI is InChI=1S/C6H4N4O2/c11-6(12)3-1-7-4-5(10-3)9-2-8-4/h1-2H,(H,11,12)(H,7,8,9,10). The highest BCUT2D eigenvalue weighted by atomic mass is 16.4. The van der Waals surface area contributed by atoms with Gasteiger partial charge in [-0.1, -0.05) is 0 Å². The van der Waals surface area contributed by atoms with Crippen molar-refractivity contribution in [3.8, 4) is 0 Å². The van der Waals surface area contributed by atoms with E-state index < -0.39 is 5.97 Å². The quantitative estimate of drug-likeness (QED) is 0.621. The Bertz CT molecular complexity index is 436. The van der Waals surface area contributed by atoms with Gasteiger partial charge in [-0.05, 0) is 0 Å². The van der Waals surface area contributed by atoms with Crippen LogP contribution in [-0.2, 0) is 0 Å². The molecule has 0 atom stereocenters. The number of carboxylic acids is 1. The van der Waals surface area contributed by atoms with Crippen molar-refractivity contribution in [2.75, 3.05) is 0 Å². The van der Waals surface area contributed by atoms with Crippen LogP contribution in [0.15, 0.2) is 12.5 Å². The van der Waals surface area contributed by atoms with Crippen LogP contribution in [0.25, 0.3) is 11.3 Å². The number of carboxylic acid groups (broad SMARTS) is 1. The van der Waals surface area contributed by atoms with Gasteiger partial charge in [0.2, 0.25) is 0 Å². The molecular weight excluding hydrogens is 160 g/mol. The number of imidazole rings is 1. The molecule has 60 valence electrons. The molecule has 6 heteroatoms. The largest absolute Gasteiger partial charge is 0.476 e. The SMILES string of the molecule is O=C(O)c1cnc2nc[nH]c2n1. The fourth-order valence-corrected chi connectivity index (χ4v) is 0.832. The highest BCUT2D eigenvalue weighted by molar-refractivity contribution is 5.86. The highest BCUT2D eigenvalue weighted by Crippen LogP contribution is 2.02. The third-order valence-corrected chi connectivity index (χ3v) is 1.36. The number of hydrogen-bond donors (Lipinski definition) is 2. The average molecular weight is 164 g/mol. The molecule has 0 fully saturated rings. The van der Waals surface area contributed by atoms with Crippen LogP contribution in [-0.4, -0.2) is 31.0 Å². The molecule has 0 saturated carbocycles. The fourth-order valence-electron chi connectivity index (χ4n) is 0.832. The predicted molar refractivity (Wildman–Crippen MR) is 38.6 cm³/mol. The van der Waals surface area contributed by atoms with Gasteiger partial charge < -0.3 is 10.1 Å². The second-order valence-electron chi connectivity index (χ2n) is 2.14. The molecule has 0 unspecified atom stereocenters. The third-order valence-electron chi connectivity index (χ3n) is 1.36. The lowest BCUT2D eigenvalue weighted by Crippen LogP contribution is -2.00. The van der Waals surface area contributed by atoms with E-state index in [1.54, 1.807) is 0 Å². The minimum atomic E-state index is -1.10. The summed E-state index contributed by atoms with van der Waals surface area (Å²) in [5, 5.41) is 8.54. The number of hydrogen-bond acceptors (Lipinski definition) is 4. The Morgan fingerprint density at radius 3 is 3.08 bits per heavy atom. The summed E-state index contributed by atoms with van der Waals surface area (Å²) in [6.45, 7) is 0. The number of aromatic amines is 1. The van der Waals surface area contributed by atoms with Crippen LogP contribution in [0.3, 0.4) is 0 Å². The maximum atomic E-state index is 10.4. The third kappa shape index (κ3) is 0.895. The van der Waals surface area contributed by atoms with Gasteiger partial charge in [-0.25, -0.2) is 19.7 Å². The number of nitrogens with one attached hydrogen (secondary N) is 1. The summed E-state index contributed by atoms with van der Waals surface area (Å²) in [6.07, 6.45) is 2.59. The number of carbonyl (C=O) groups is 1. The van der Waals surface area contributed by atoms with Crippen LogP contribution in [0, 0.1) is 0 Å². The summed E-state index contributed by atoms with van der Waals surface area (Å²) < 4.78 is 0. The topological polar surface area (TPSA) is 91.8 Å². The van der Waals surface area contributed by atoms with Gasteiger partial charge in [0.15, 0.2) is 17.0 Å². The summed E-state index contributed by atoms with van der Waals surface area (Å²) in [5.41, 5.74) is 0.710. The zero-order chi connectivity index (χ0) is 8.55. The molecule has 2 heterocycles. The zero-order valence-corrected chi connectivity index (χ0v) is 5.85. The molecule has 12 heavy (non-hydrogen) atoms. The lowest BCUT2D eigenvalue weighted by atomic mass is 10.4. The molecule has 0 aliphatic carbocycles. The van der Waals surface area contributed by atoms with Crippen LogP contribution >= 0.6 is 0 Å². The maximum absolute atomic E-state index is 10.4. The Kier molecular flexibility index (Phi) is 1.26. The van der Waals surface area contributed by atoms with E-state index in [0.29, 0.717) is 11.3 Å². The van der Waals surface area contributed by atoms with E-state index >= 15 is 0 Å². The van der Waals surface area contributed by atoms with Crippen molar-refractivity contribution in [2.24, 2.45) is 0 Å².